The van der Waals surface area contributed by atoms with E-state index in [1.807, 2.05) is 36.4 Å². The minimum absolute atomic E-state index is 0.349. The van der Waals surface area contributed by atoms with E-state index < -0.39 is 0 Å². The van der Waals surface area contributed by atoms with Crippen LogP contribution in [0.15, 0.2) is 60.4 Å². The Bertz CT molecular complexity index is 715. The molecule has 4 heteroatoms. The first-order valence-corrected chi connectivity index (χ1v) is 6.46. The Morgan fingerprint density at radius 2 is 1.81 bits per heavy atom. The molecule has 0 aliphatic carbocycles. The maximum Gasteiger partial charge on any atom is 0.343 e. The predicted octanol–water partition coefficient (Wildman–Crippen LogP) is 3.07. The summed E-state index contributed by atoms with van der Waals surface area (Å²) in [6.07, 6.45) is 6.88. The number of nitrogens with zero attached hydrogens (tertiary/aromatic N) is 1. The zero-order valence-electron chi connectivity index (χ0n) is 11.4. The molecule has 4 nitrogen and oxygen atoms in total. The first-order chi connectivity index (χ1) is 10.3. The predicted molar refractivity (Wildman–Crippen MR) is 79.3 cm³/mol. The van der Waals surface area contributed by atoms with Crippen LogP contribution in [0.2, 0.25) is 0 Å². The number of carbonyl (C=O) groups is 1. The van der Waals surface area contributed by atoms with E-state index in [4.69, 9.17) is 9.47 Å². The molecule has 104 valence electrons. The fourth-order valence-corrected chi connectivity index (χ4v) is 2.03. The van der Waals surface area contributed by atoms with Crippen molar-refractivity contribution in [3.8, 4) is 5.75 Å². The van der Waals surface area contributed by atoms with Gasteiger partial charge in [0, 0.05) is 18.0 Å². The van der Waals surface area contributed by atoms with Crippen molar-refractivity contribution >= 4 is 17.8 Å². The fourth-order valence-electron chi connectivity index (χ4n) is 2.03. The molecule has 3 rings (SSSR count). The van der Waals surface area contributed by atoms with Crippen molar-refractivity contribution in [1.82, 2.24) is 4.98 Å². The van der Waals surface area contributed by atoms with Crippen molar-refractivity contribution in [3.63, 3.8) is 0 Å². The number of methoxy groups -OCH3 is 1. The topological polar surface area (TPSA) is 48.4 Å². The first-order valence-electron chi connectivity index (χ1n) is 6.46. The molecule has 2 aromatic rings. The molecule has 0 saturated heterocycles. The van der Waals surface area contributed by atoms with Crippen LogP contribution in [0, 0.1) is 0 Å². The van der Waals surface area contributed by atoms with Gasteiger partial charge in [0.05, 0.1) is 12.7 Å². The quantitative estimate of drug-likeness (QED) is 0.640. The molecule has 1 aliphatic rings. The van der Waals surface area contributed by atoms with Crippen LogP contribution < -0.4 is 4.74 Å². The van der Waals surface area contributed by atoms with Crippen molar-refractivity contribution < 1.29 is 14.3 Å². The highest BCUT2D eigenvalue weighted by Crippen LogP contribution is 2.28. The van der Waals surface area contributed by atoms with Crippen LogP contribution in [-0.2, 0) is 9.53 Å². The van der Waals surface area contributed by atoms with E-state index >= 15 is 0 Å². The van der Waals surface area contributed by atoms with Gasteiger partial charge in [-0.2, -0.15) is 0 Å². The summed E-state index contributed by atoms with van der Waals surface area (Å²) in [4.78, 5) is 15.8. The summed E-state index contributed by atoms with van der Waals surface area (Å²) in [6.45, 7) is 0. The van der Waals surface area contributed by atoms with Crippen LogP contribution in [0.3, 0.4) is 0 Å². The summed E-state index contributed by atoms with van der Waals surface area (Å²) in [7, 11) is 1.61. The van der Waals surface area contributed by atoms with Crippen molar-refractivity contribution in [2.24, 2.45) is 0 Å². The van der Waals surface area contributed by atoms with Crippen LogP contribution >= 0.6 is 0 Å². The molecule has 0 amide bonds. The average molecular weight is 279 g/mol. The summed E-state index contributed by atoms with van der Waals surface area (Å²) < 4.78 is 10.4. The van der Waals surface area contributed by atoms with Crippen LogP contribution in [-0.4, -0.2) is 18.1 Å². The molecule has 0 bridgehead atoms. The highest BCUT2D eigenvalue weighted by molar-refractivity contribution is 6.05. The molecule has 1 aromatic carbocycles. The molecule has 21 heavy (non-hydrogen) atoms. The monoisotopic (exact) mass is 279 g/mol. The minimum Gasteiger partial charge on any atom is -0.497 e. The van der Waals surface area contributed by atoms with Gasteiger partial charge in [-0.3, -0.25) is 4.98 Å². The third-order valence-corrected chi connectivity index (χ3v) is 3.13. The number of rotatable bonds is 3. The summed E-state index contributed by atoms with van der Waals surface area (Å²) in [5, 5.41) is 0. The molecule has 0 spiro atoms. The lowest BCUT2D eigenvalue weighted by Crippen LogP contribution is -1.97. The molecule has 0 N–H and O–H groups in total. The van der Waals surface area contributed by atoms with Crippen LogP contribution in [0.4, 0.5) is 0 Å². The molecule has 0 unspecified atom stereocenters. The van der Waals surface area contributed by atoms with Crippen molar-refractivity contribution in [2.45, 2.75) is 0 Å². The number of ether oxygens (including phenoxy) is 2. The van der Waals surface area contributed by atoms with Gasteiger partial charge in [0.15, 0.2) is 0 Å². The highest BCUT2D eigenvalue weighted by atomic mass is 16.5. The number of pyridine rings is 1. The zero-order valence-corrected chi connectivity index (χ0v) is 11.4. The van der Waals surface area contributed by atoms with E-state index in [1.165, 1.54) is 0 Å². The number of cyclic esters (lactones) is 1. The second-order valence-electron chi connectivity index (χ2n) is 4.51. The van der Waals surface area contributed by atoms with Gasteiger partial charge in [-0.25, -0.2) is 4.79 Å². The third kappa shape index (κ3) is 2.84. The summed E-state index contributed by atoms with van der Waals surface area (Å²) in [5.74, 6) is 0.955. The molecule has 0 atom stereocenters. The second kappa shape index (κ2) is 5.63. The number of hydrogen-bond donors (Lipinski definition) is 0. The largest absolute Gasteiger partial charge is 0.497 e. The smallest absolute Gasteiger partial charge is 0.343 e. The van der Waals surface area contributed by atoms with E-state index in [-0.39, 0.29) is 5.97 Å². The SMILES string of the molecule is COc1ccc(C2=C/C(=C/c3ccncc3)C(=O)O2)cc1. The zero-order chi connectivity index (χ0) is 14.7. The van der Waals surface area contributed by atoms with Crippen LogP contribution in [0.5, 0.6) is 5.75 Å². The van der Waals surface area contributed by atoms with Crippen molar-refractivity contribution in [3.05, 3.63) is 71.6 Å². The summed E-state index contributed by atoms with van der Waals surface area (Å²) >= 11 is 0. The first kappa shape index (κ1) is 13.1. The van der Waals surface area contributed by atoms with Gasteiger partial charge in [-0.05, 0) is 54.1 Å². The molecule has 0 fully saturated rings. The maximum absolute atomic E-state index is 11.9. The van der Waals surface area contributed by atoms with Crippen molar-refractivity contribution in [1.29, 1.82) is 0 Å². The number of esters is 1. The Hall–Kier alpha value is -2.88. The van der Waals surface area contributed by atoms with E-state index in [2.05, 4.69) is 4.98 Å². The lowest BCUT2D eigenvalue weighted by atomic mass is 10.1. The van der Waals surface area contributed by atoms with E-state index in [0.717, 1.165) is 16.9 Å². The van der Waals surface area contributed by atoms with Gasteiger partial charge in [-0.15, -0.1) is 0 Å². The summed E-state index contributed by atoms with van der Waals surface area (Å²) in [6, 6.07) is 11.0. The third-order valence-electron chi connectivity index (χ3n) is 3.13. The lowest BCUT2D eigenvalue weighted by Gasteiger charge is -2.03. The number of aromatic nitrogens is 1. The van der Waals surface area contributed by atoms with E-state index in [9.17, 15) is 4.79 Å². The molecule has 0 saturated carbocycles. The highest BCUT2D eigenvalue weighted by Gasteiger charge is 2.21. The Labute approximate surface area is 122 Å². The molecule has 1 aliphatic heterocycles. The van der Waals surface area contributed by atoms with Gasteiger partial charge < -0.3 is 9.47 Å². The van der Waals surface area contributed by atoms with Gasteiger partial charge in [0.2, 0.25) is 0 Å². The fraction of sp³-hybridized carbons (Fsp3) is 0.0588. The Morgan fingerprint density at radius 1 is 1.10 bits per heavy atom. The normalized spacial score (nSPS) is 15.8. The van der Waals surface area contributed by atoms with Gasteiger partial charge >= 0.3 is 5.97 Å². The van der Waals surface area contributed by atoms with E-state index in [0.29, 0.717) is 11.3 Å². The molecule has 2 heterocycles. The van der Waals surface area contributed by atoms with Crippen molar-refractivity contribution in [2.75, 3.05) is 7.11 Å². The number of carbonyl (C=O) groups excluding carboxylic acids is 1. The minimum atomic E-state index is -0.349. The van der Waals surface area contributed by atoms with Gasteiger partial charge in [0.25, 0.3) is 0 Å². The molecular formula is C17H13NO3. The number of benzene rings is 1. The van der Waals surface area contributed by atoms with Crippen LogP contribution in [0.1, 0.15) is 11.1 Å². The number of hydrogen-bond acceptors (Lipinski definition) is 4. The average Bonchev–Trinajstić information content (AvgIpc) is 2.89. The Kier molecular flexibility index (Phi) is 3.51. The Balaban J connectivity index is 1.89. The van der Waals surface area contributed by atoms with Crippen LogP contribution in [0.25, 0.3) is 11.8 Å². The molecule has 1 aromatic heterocycles. The second-order valence-corrected chi connectivity index (χ2v) is 4.51. The standard InChI is InChI=1S/C17H13NO3/c1-20-15-4-2-13(3-5-15)16-11-14(17(19)21-16)10-12-6-8-18-9-7-12/h2-11H,1H3/b14-10-. The lowest BCUT2D eigenvalue weighted by molar-refractivity contribution is -0.130. The maximum atomic E-state index is 11.9. The Morgan fingerprint density at radius 3 is 2.48 bits per heavy atom. The van der Waals surface area contributed by atoms with E-state index in [1.54, 1.807) is 31.7 Å². The van der Waals surface area contributed by atoms with Gasteiger partial charge in [0.1, 0.15) is 11.5 Å². The summed E-state index contributed by atoms with van der Waals surface area (Å²) in [5.41, 5.74) is 2.26. The molecular weight excluding hydrogens is 266 g/mol. The van der Waals surface area contributed by atoms with Gasteiger partial charge in [-0.1, -0.05) is 0 Å². The molecule has 0 radical (unpaired) electrons.